The number of hydrogen-bond acceptors (Lipinski definition) is 3. The van der Waals surface area contributed by atoms with Gasteiger partial charge in [-0.2, -0.15) is 0 Å². The molecule has 2 aliphatic rings. The predicted molar refractivity (Wildman–Crippen MR) is 64.9 cm³/mol. The molecule has 5 heteroatoms. The normalized spacial score (nSPS) is 35.6. The van der Waals surface area contributed by atoms with Crippen molar-refractivity contribution in [1.29, 1.82) is 0 Å². The molecule has 0 bridgehead atoms. The molecule has 18 heavy (non-hydrogen) atoms. The molecule has 0 aromatic carbocycles. The summed E-state index contributed by atoms with van der Waals surface area (Å²) in [6.45, 7) is 4.08. The summed E-state index contributed by atoms with van der Waals surface area (Å²) in [5, 5.41) is 12.0. The van der Waals surface area contributed by atoms with E-state index < -0.39 is 11.9 Å². The minimum atomic E-state index is -0.844. The lowest BCUT2D eigenvalue weighted by Crippen LogP contribution is -2.37. The van der Waals surface area contributed by atoms with E-state index in [4.69, 9.17) is 9.84 Å². The fourth-order valence-corrected chi connectivity index (χ4v) is 2.97. The Morgan fingerprint density at radius 1 is 1.33 bits per heavy atom. The third-order valence-corrected chi connectivity index (χ3v) is 4.04. The standard InChI is InChI=1S/C13H21NO4/c1-8-4-10(11(5-8)13(16)17)12(15)14-6-9-2-3-18-7-9/h8-11H,2-7H2,1H3,(H,14,15)(H,16,17)/t8?,9?,10-,11+/m0/s1. The number of carbonyl (C=O) groups is 2. The average molecular weight is 255 g/mol. The third-order valence-electron chi connectivity index (χ3n) is 4.04. The van der Waals surface area contributed by atoms with E-state index >= 15 is 0 Å². The van der Waals surface area contributed by atoms with Crippen LogP contribution >= 0.6 is 0 Å². The zero-order valence-electron chi connectivity index (χ0n) is 10.7. The number of aliphatic carboxylic acids is 1. The highest BCUT2D eigenvalue weighted by molar-refractivity contribution is 5.85. The van der Waals surface area contributed by atoms with E-state index in [-0.39, 0.29) is 11.8 Å². The number of amides is 1. The van der Waals surface area contributed by atoms with Crippen LogP contribution in [0, 0.1) is 23.7 Å². The number of rotatable bonds is 4. The molecule has 1 amide bonds. The minimum Gasteiger partial charge on any atom is -0.481 e. The monoisotopic (exact) mass is 255 g/mol. The van der Waals surface area contributed by atoms with Gasteiger partial charge in [0, 0.05) is 19.1 Å². The van der Waals surface area contributed by atoms with Gasteiger partial charge in [-0.3, -0.25) is 9.59 Å². The summed E-state index contributed by atoms with van der Waals surface area (Å²) in [6, 6.07) is 0. The quantitative estimate of drug-likeness (QED) is 0.782. The Morgan fingerprint density at radius 3 is 2.67 bits per heavy atom. The summed E-state index contributed by atoms with van der Waals surface area (Å²) in [4.78, 5) is 23.2. The Balaban J connectivity index is 1.85. The number of nitrogens with one attached hydrogen (secondary N) is 1. The Kier molecular flexibility index (Phi) is 4.22. The Morgan fingerprint density at radius 2 is 2.06 bits per heavy atom. The first kappa shape index (κ1) is 13.3. The van der Waals surface area contributed by atoms with E-state index in [0.29, 0.717) is 37.8 Å². The van der Waals surface area contributed by atoms with Gasteiger partial charge < -0.3 is 15.2 Å². The summed E-state index contributed by atoms with van der Waals surface area (Å²) in [5.74, 6) is -1.12. The number of carboxylic acid groups (broad SMARTS) is 1. The lowest BCUT2D eigenvalue weighted by atomic mass is 9.95. The van der Waals surface area contributed by atoms with Crippen molar-refractivity contribution in [2.75, 3.05) is 19.8 Å². The van der Waals surface area contributed by atoms with E-state index in [0.717, 1.165) is 13.0 Å². The number of carboxylic acids is 1. The van der Waals surface area contributed by atoms with Crippen LogP contribution in [0.5, 0.6) is 0 Å². The molecule has 102 valence electrons. The molecule has 1 aliphatic carbocycles. The van der Waals surface area contributed by atoms with Crippen molar-refractivity contribution in [2.24, 2.45) is 23.7 Å². The lowest BCUT2D eigenvalue weighted by Gasteiger charge is -2.17. The SMILES string of the molecule is CC1C[C@H](C(=O)NCC2CCOC2)[C@H](C(=O)O)C1. The number of ether oxygens (including phenoxy) is 1. The maximum atomic E-state index is 12.0. The summed E-state index contributed by atoms with van der Waals surface area (Å²) in [5.41, 5.74) is 0. The van der Waals surface area contributed by atoms with Crippen LogP contribution in [0.25, 0.3) is 0 Å². The Hall–Kier alpha value is -1.10. The highest BCUT2D eigenvalue weighted by atomic mass is 16.5. The lowest BCUT2D eigenvalue weighted by molar-refractivity contribution is -0.146. The molecule has 2 N–H and O–H groups in total. The van der Waals surface area contributed by atoms with Crippen LogP contribution in [0.2, 0.25) is 0 Å². The zero-order chi connectivity index (χ0) is 13.1. The van der Waals surface area contributed by atoms with E-state index in [1.54, 1.807) is 0 Å². The van der Waals surface area contributed by atoms with Gasteiger partial charge in [0.15, 0.2) is 0 Å². The van der Waals surface area contributed by atoms with Gasteiger partial charge in [0.1, 0.15) is 0 Å². The van der Waals surface area contributed by atoms with E-state index in [9.17, 15) is 9.59 Å². The van der Waals surface area contributed by atoms with E-state index in [2.05, 4.69) is 5.32 Å². The van der Waals surface area contributed by atoms with Crippen molar-refractivity contribution < 1.29 is 19.4 Å². The minimum absolute atomic E-state index is 0.0985. The summed E-state index contributed by atoms with van der Waals surface area (Å²) in [7, 11) is 0. The zero-order valence-corrected chi connectivity index (χ0v) is 10.7. The van der Waals surface area contributed by atoms with Gasteiger partial charge in [0.05, 0.1) is 18.4 Å². The molecule has 0 aromatic rings. The first-order chi connectivity index (χ1) is 8.58. The molecule has 2 fully saturated rings. The molecule has 2 unspecified atom stereocenters. The molecule has 0 aromatic heterocycles. The molecule has 1 heterocycles. The molecule has 0 radical (unpaired) electrons. The molecule has 0 spiro atoms. The molecular weight excluding hydrogens is 234 g/mol. The largest absolute Gasteiger partial charge is 0.481 e. The van der Waals surface area contributed by atoms with Crippen molar-refractivity contribution >= 4 is 11.9 Å². The van der Waals surface area contributed by atoms with Gasteiger partial charge in [0.2, 0.25) is 5.91 Å². The topological polar surface area (TPSA) is 75.6 Å². The fourth-order valence-electron chi connectivity index (χ4n) is 2.97. The number of carbonyl (C=O) groups excluding carboxylic acids is 1. The van der Waals surface area contributed by atoms with Gasteiger partial charge in [-0.25, -0.2) is 0 Å². The van der Waals surface area contributed by atoms with Crippen LogP contribution in [0.15, 0.2) is 0 Å². The smallest absolute Gasteiger partial charge is 0.307 e. The average Bonchev–Trinajstić information content (AvgIpc) is 2.94. The van der Waals surface area contributed by atoms with Crippen LogP contribution in [-0.4, -0.2) is 36.7 Å². The van der Waals surface area contributed by atoms with Gasteiger partial charge in [-0.05, 0) is 25.2 Å². The maximum absolute atomic E-state index is 12.0. The first-order valence-corrected chi connectivity index (χ1v) is 6.66. The highest BCUT2D eigenvalue weighted by Gasteiger charge is 2.41. The fraction of sp³-hybridized carbons (Fsp3) is 0.846. The molecule has 1 saturated carbocycles. The van der Waals surface area contributed by atoms with Gasteiger partial charge in [-0.1, -0.05) is 6.92 Å². The molecular formula is C13H21NO4. The van der Waals surface area contributed by atoms with E-state index in [1.807, 2.05) is 6.92 Å². The number of hydrogen-bond donors (Lipinski definition) is 2. The van der Waals surface area contributed by atoms with Crippen LogP contribution in [0.3, 0.4) is 0 Å². The molecule has 2 rings (SSSR count). The second-order valence-corrected chi connectivity index (χ2v) is 5.60. The van der Waals surface area contributed by atoms with Crippen molar-refractivity contribution in [3.8, 4) is 0 Å². The molecule has 1 aliphatic heterocycles. The van der Waals surface area contributed by atoms with Crippen molar-refractivity contribution in [3.63, 3.8) is 0 Å². The van der Waals surface area contributed by atoms with Crippen molar-refractivity contribution in [3.05, 3.63) is 0 Å². The molecule has 1 saturated heterocycles. The van der Waals surface area contributed by atoms with Crippen LogP contribution < -0.4 is 5.32 Å². The van der Waals surface area contributed by atoms with Crippen LogP contribution in [-0.2, 0) is 14.3 Å². The van der Waals surface area contributed by atoms with Crippen molar-refractivity contribution in [1.82, 2.24) is 5.32 Å². The van der Waals surface area contributed by atoms with Gasteiger partial charge in [0.25, 0.3) is 0 Å². The van der Waals surface area contributed by atoms with Crippen LogP contribution in [0.4, 0.5) is 0 Å². The summed E-state index contributed by atoms with van der Waals surface area (Å²) < 4.78 is 5.25. The Bertz CT molecular complexity index is 325. The van der Waals surface area contributed by atoms with Gasteiger partial charge >= 0.3 is 5.97 Å². The second-order valence-electron chi connectivity index (χ2n) is 5.60. The first-order valence-electron chi connectivity index (χ1n) is 6.66. The molecule has 4 atom stereocenters. The summed E-state index contributed by atoms with van der Waals surface area (Å²) in [6.07, 6.45) is 2.27. The second kappa shape index (κ2) is 5.69. The third kappa shape index (κ3) is 3.02. The van der Waals surface area contributed by atoms with E-state index in [1.165, 1.54) is 0 Å². The highest BCUT2D eigenvalue weighted by Crippen LogP contribution is 2.36. The Labute approximate surface area is 107 Å². The molecule has 5 nitrogen and oxygen atoms in total. The van der Waals surface area contributed by atoms with Crippen molar-refractivity contribution in [2.45, 2.75) is 26.2 Å². The van der Waals surface area contributed by atoms with Crippen LogP contribution in [0.1, 0.15) is 26.2 Å². The maximum Gasteiger partial charge on any atom is 0.307 e. The van der Waals surface area contributed by atoms with Gasteiger partial charge in [-0.15, -0.1) is 0 Å². The summed E-state index contributed by atoms with van der Waals surface area (Å²) >= 11 is 0. The predicted octanol–water partition coefficient (Wildman–Crippen LogP) is 0.886.